The number of amides is 1. The van der Waals surface area contributed by atoms with Gasteiger partial charge in [-0.1, -0.05) is 6.07 Å². The number of hydrogen-bond donors (Lipinski definition) is 2. The van der Waals surface area contributed by atoms with Crippen LogP contribution in [0.25, 0.3) is 0 Å². The Morgan fingerprint density at radius 2 is 2.15 bits per heavy atom. The number of nitro groups is 1. The van der Waals surface area contributed by atoms with Crippen LogP contribution in [0.4, 0.5) is 5.69 Å². The lowest BCUT2D eigenvalue weighted by Crippen LogP contribution is -2.26. The normalized spacial score (nSPS) is 10.1. The number of rotatable bonds is 7. The van der Waals surface area contributed by atoms with Gasteiger partial charge in [0, 0.05) is 29.5 Å². The Balaban J connectivity index is 2.58. The molecule has 1 amide bonds. The van der Waals surface area contributed by atoms with Crippen molar-refractivity contribution >= 4 is 29.3 Å². The fourth-order valence-electron chi connectivity index (χ4n) is 1.56. The van der Waals surface area contributed by atoms with Gasteiger partial charge in [-0.05, 0) is 13.0 Å². The highest BCUT2D eigenvalue weighted by atomic mass is 32.2. The molecule has 0 saturated carbocycles. The Morgan fingerprint density at radius 1 is 1.45 bits per heavy atom. The standard InChI is InChI=1S/C12H14N2O5S/c1-8-9(3-2-4-10(8)14(18)19)12(17)13-5-6-20-7-11(15)16/h2-4H,5-7H2,1H3,(H,13,17)(H,15,16). The van der Waals surface area contributed by atoms with E-state index in [1.807, 2.05) is 0 Å². The Hall–Kier alpha value is -2.09. The van der Waals surface area contributed by atoms with Gasteiger partial charge in [0.15, 0.2) is 0 Å². The summed E-state index contributed by atoms with van der Waals surface area (Å²) in [5, 5.41) is 21.8. The second kappa shape index (κ2) is 7.49. The van der Waals surface area contributed by atoms with Gasteiger partial charge in [-0.25, -0.2) is 0 Å². The fraction of sp³-hybridized carbons (Fsp3) is 0.333. The zero-order chi connectivity index (χ0) is 15.1. The first kappa shape index (κ1) is 16.0. The molecular weight excluding hydrogens is 284 g/mol. The third kappa shape index (κ3) is 4.54. The van der Waals surface area contributed by atoms with Crippen LogP contribution in [0.1, 0.15) is 15.9 Å². The van der Waals surface area contributed by atoms with E-state index in [0.717, 1.165) is 0 Å². The van der Waals surface area contributed by atoms with Crippen molar-refractivity contribution in [1.29, 1.82) is 0 Å². The highest BCUT2D eigenvalue weighted by molar-refractivity contribution is 7.99. The lowest BCUT2D eigenvalue weighted by molar-refractivity contribution is -0.385. The molecule has 0 heterocycles. The van der Waals surface area contributed by atoms with Gasteiger partial charge in [-0.2, -0.15) is 0 Å². The molecule has 0 bridgehead atoms. The number of thioether (sulfide) groups is 1. The van der Waals surface area contributed by atoms with Crippen LogP contribution in [0.5, 0.6) is 0 Å². The van der Waals surface area contributed by atoms with Gasteiger partial charge in [0.25, 0.3) is 11.6 Å². The summed E-state index contributed by atoms with van der Waals surface area (Å²) in [6.45, 7) is 1.82. The van der Waals surface area contributed by atoms with Crippen molar-refractivity contribution in [2.75, 3.05) is 18.1 Å². The number of carbonyl (C=O) groups excluding carboxylic acids is 1. The molecule has 108 valence electrons. The molecule has 1 aromatic carbocycles. The highest BCUT2D eigenvalue weighted by Gasteiger charge is 2.17. The predicted molar refractivity (Wildman–Crippen MR) is 75.1 cm³/mol. The summed E-state index contributed by atoms with van der Waals surface area (Å²) in [4.78, 5) is 32.4. The molecule has 0 unspecified atom stereocenters. The molecule has 7 nitrogen and oxygen atoms in total. The monoisotopic (exact) mass is 298 g/mol. The molecule has 0 spiro atoms. The molecule has 0 aliphatic carbocycles. The summed E-state index contributed by atoms with van der Waals surface area (Å²) in [5.74, 6) is -0.865. The average Bonchev–Trinajstić information content (AvgIpc) is 2.37. The smallest absolute Gasteiger partial charge is 0.313 e. The van der Waals surface area contributed by atoms with E-state index < -0.39 is 16.8 Å². The van der Waals surface area contributed by atoms with E-state index >= 15 is 0 Å². The molecule has 1 aromatic rings. The minimum absolute atomic E-state index is 0.0221. The SMILES string of the molecule is Cc1c(C(=O)NCCSCC(=O)O)cccc1[N+](=O)[O-]. The second-order valence-electron chi connectivity index (χ2n) is 3.91. The number of nitro benzene ring substituents is 1. The Bertz CT molecular complexity index is 533. The first-order valence-corrected chi connectivity index (χ1v) is 6.90. The maximum Gasteiger partial charge on any atom is 0.313 e. The number of nitrogens with zero attached hydrogens (tertiary/aromatic N) is 1. The summed E-state index contributed by atoms with van der Waals surface area (Å²) in [6, 6.07) is 4.32. The average molecular weight is 298 g/mol. The molecule has 0 atom stereocenters. The topological polar surface area (TPSA) is 110 Å². The summed E-state index contributed by atoms with van der Waals surface area (Å²) < 4.78 is 0. The van der Waals surface area contributed by atoms with Gasteiger partial charge in [0.2, 0.25) is 0 Å². The van der Waals surface area contributed by atoms with Crippen molar-refractivity contribution < 1.29 is 19.6 Å². The van der Waals surface area contributed by atoms with Crippen molar-refractivity contribution in [2.45, 2.75) is 6.92 Å². The van der Waals surface area contributed by atoms with Gasteiger partial charge >= 0.3 is 5.97 Å². The molecule has 0 saturated heterocycles. The number of carbonyl (C=O) groups is 2. The molecule has 0 radical (unpaired) electrons. The number of nitrogens with one attached hydrogen (secondary N) is 1. The zero-order valence-corrected chi connectivity index (χ0v) is 11.6. The van der Waals surface area contributed by atoms with Gasteiger partial charge in [0.05, 0.1) is 10.7 Å². The van der Waals surface area contributed by atoms with E-state index in [9.17, 15) is 19.7 Å². The first-order valence-electron chi connectivity index (χ1n) is 5.75. The van der Waals surface area contributed by atoms with Crippen LogP contribution >= 0.6 is 11.8 Å². The van der Waals surface area contributed by atoms with Crippen molar-refractivity contribution in [3.05, 3.63) is 39.4 Å². The maximum atomic E-state index is 11.9. The minimum atomic E-state index is -0.907. The molecule has 2 N–H and O–H groups in total. The molecular formula is C12H14N2O5S. The molecule has 20 heavy (non-hydrogen) atoms. The molecule has 0 fully saturated rings. The Labute approximate surface area is 119 Å². The summed E-state index contributed by atoms with van der Waals surface area (Å²) in [6.07, 6.45) is 0. The minimum Gasteiger partial charge on any atom is -0.481 e. The third-order valence-electron chi connectivity index (χ3n) is 2.50. The van der Waals surface area contributed by atoms with Gasteiger partial charge in [-0.15, -0.1) is 11.8 Å². The van der Waals surface area contributed by atoms with Crippen LogP contribution in [0.15, 0.2) is 18.2 Å². The lowest BCUT2D eigenvalue weighted by Gasteiger charge is -2.07. The molecule has 0 aliphatic heterocycles. The van der Waals surface area contributed by atoms with Crippen LogP contribution in [-0.4, -0.2) is 40.0 Å². The molecule has 8 heteroatoms. The molecule has 0 aliphatic rings. The predicted octanol–water partition coefficient (Wildman–Crippen LogP) is 1.45. The quantitative estimate of drug-likeness (QED) is 0.448. The summed E-state index contributed by atoms with van der Waals surface area (Å²) >= 11 is 1.19. The number of carboxylic acids is 1. The first-order chi connectivity index (χ1) is 9.43. The zero-order valence-electron chi connectivity index (χ0n) is 10.8. The van der Waals surface area contributed by atoms with Crippen LogP contribution in [0.2, 0.25) is 0 Å². The van der Waals surface area contributed by atoms with Crippen molar-refractivity contribution in [3.8, 4) is 0 Å². The van der Waals surface area contributed by atoms with E-state index in [1.165, 1.54) is 36.9 Å². The van der Waals surface area contributed by atoms with Gasteiger partial charge in [0.1, 0.15) is 0 Å². The largest absolute Gasteiger partial charge is 0.481 e. The Kier molecular flexibility index (Phi) is 5.98. The van der Waals surface area contributed by atoms with Crippen LogP contribution in [-0.2, 0) is 4.79 Å². The van der Waals surface area contributed by atoms with E-state index in [1.54, 1.807) is 0 Å². The van der Waals surface area contributed by atoms with E-state index in [-0.39, 0.29) is 17.0 Å². The number of hydrogen-bond acceptors (Lipinski definition) is 5. The lowest BCUT2D eigenvalue weighted by atomic mass is 10.1. The Morgan fingerprint density at radius 3 is 2.75 bits per heavy atom. The second-order valence-corrected chi connectivity index (χ2v) is 5.01. The summed E-state index contributed by atoms with van der Waals surface area (Å²) in [5.41, 5.74) is 0.466. The van der Waals surface area contributed by atoms with Crippen molar-refractivity contribution in [3.63, 3.8) is 0 Å². The van der Waals surface area contributed by atoms with Crippen LogP contribution < -0.4 is 5.32 Å². The highest BCUT2D eigenvalue weighted by Crippen LogP contribution is 2.20. The van der Waals surface area contributed by atoms with Crippen LogP contribution in [0.3, 0.4) is 0 Å². The molecule has 1 rings (SSSR count). The van der Waals surface area contributed by atoms with E-state index in [4.69, 9.17) is 5.11 Å². The number of benzene rings is 1. The number of carboxylic acid groups (broad SMARTS) is 1. The van der Waals surface area contributed by atoms with Crippen molar-refractivity contribution in [1.82, 2.24) is 5.32 Å². The number of aliphatic carboxylic acids is 1. The van der Waals surface area contributed by atoms with Crippen LogP contribution in [0, 0.1) is 17.0 Å². The molecule has 0 aromatic heterocycles. The van der Waals surface area contributed by atoms with E-state index in [2.05, 4.69) is 5.32 Å². The summed E-state index contributed by atoms with van der Waals surface area (Å²) in [7, 11) is 0. The fourth-order valence-corrected chi connectivity index (χ4v) is 2.12. The van der Waals surface area contributed by atoms with E-state index in [0.29, 0.717) is 17.9 Å². The van der Waals surface area contributed by atoms with Gasteiger partial charge < -0.3 is 10.4 Å². The van der Waals surface area contributed by atoms with Gasteiger partial charge in [-0.3, -0.25) is 19.7 Å². The van der Waals surface area contributed by atoms with Crippen molar-refractivity contribution in [2.24, 2.45) is 0 Å². The maximum absolute atomic E-state index is 11.9. The third-order valence-corrected chi connectivity index (χ3v) is 3.45.